The number of hydrogen-bond acceptors (Lipinski definition) is 3. The SMILES string of the molecule is CC1COCCN1Cc1c(N)cccc1Br. The molecule has 0 amide bonds. The zero-order chi connectivity index (χ0) is 11.5. The Labute approximate surface area is 105 Å². The van der Waals surface area contributed by atoms with Crippen LogP contribution in [0.25, 0.3) is 0 Å². The van der Waals surface area contributed by atoms with Crippen molar-refractivity contribution in [3.63, 3.8) is 0 Å². The molecule has 1 aliphatic heterocycles. The summed E-state index contributed by atoms with van der Waals surface area (Å²) in [6.45, 7) is 5.67. The summed E-state index contributed by atoms with van der Waals surface area (Å²) in [4.78, 5) is 2.40. The standard InChI is InChI=1S/C12H17BrN2O/c1-9-8-16-6-5-15(9)7-10-11(13)3-2-4-12(10)14/h2-4,9H,5-8,14H2,1H3. The summed E-state index contributed by atoms with van der Waals surface area (Å²) in [6, 6.07) is 6.41. The lowest BCUT2D eigenvalue weighted by molar-refractivity contribution is -0.00436. The maximum atomic E-state index is 6.00. The van der Waals surface area contributed by atoms with Crippen molar-refractivity contribution in [2.45, 2.75) is 19.5 Å². The first-order valence-electron chi connectivity index (χ1n) is 5.53. The summed E-state index contributed by atoms with van der Waals surface area (Å²) in [5.41, 5.74) is 8.03. The highest BCUT2D eigenvalue weighted by Crippen LogP contribution is 2.25. The Balaban J connectivity index is 2.13. The molecule has 2 rings (SSSR count). The van der Waals surface area contributed by atoms with Gasteiger partial charge in [0.15, 0.2) is 0 Å². The fourth-order valence-electron chi connectivity index (χ4n) is 1.94. The van der Waals surface area contributed by atoms with Crippen molar-refractivity contribution in [2.24, 2.45) is 0 Å². The van der Waals surface area contributed by atoms with E-state index < -0.39 is 0 Å². The lowest BCUT2D eigenvalue weighted by Crippen LogP contribution is -2.43. The van der Waals surface area contributed by atoms with Crippen molar-refractivity contribution < 1.29 is 4.74 Å². The molecule has 3 nitrogen and oxygen atoms in total. The van der Waals surface area contributed by atoms with Crippen LogP contribution < -0.4 is 5.73 Å². The van der Waals surface area contributed by atoms with Crippen molar-refractivity contribution >= 4 is 21.6 Å². The molecule has 1 saturated heterocycles. The molecule has 16 heavy (non-hydrogen) atoms. The van der Waals surface area contributed by atoms with Crippen LogP contribution in [0.3, 0.4) is 0 Å². The van der Waals surface area contributed by atoms with Crippen LogP contribution in [-0.4, -0.2) is 30.7 Å². The number of rotatable bonds is 2. The molecular weight excluding hydrogens is 268 g/mol. The molecule has 0 saturated carbocycles. The molecule has 0 radical (unpaired) electrons. The minimum atomic E-state index is 0.459. The quantitative estimate of drug-likeness (QED) is 0.847. The normalized spacial score (nSPS) is 22.2. The van der Waals surface area contributed by atoms with E-state index in [0.717, 1.165) is 36.5 Å². The summed E-state index contributed by atoms with van der Waals surface area (Å²) in [7, 11) is 0. The van der Waals surface area contributed by atoms with Crippen molar-refractivity contribution in [3.8, 4) is 0 Å². The summed E-state index contributed by atoms with van der Waals surface area (Å²) in [6.07, 6.45) is 0. The third-order valence-electron chi connectivity index (χ3n) is 3.02. The smallest absolute Gasteiger partial charge is 0.0619 e. The van der Waals surface area contributed by atoms with Gasteiger partial charge in [-0.1, -0.05) is 22.0 Å². The fraction of sp³-hybridized carbons (Fsp3) is 0.500. The van der Waals surface area contributed by atoms with Crippen molar-refractivity contribution in [2.75, 3.05) is 25.5 Å². The van der Waals surface area contributed by atoms with E-state index in [1.165, 1.54) is 5.56 Å². The number of anilines is 1. The topological polar surface area (TPSA) is 38.5 Å². The lowest BCUT2D eigenvalue weighted by Gasteiger charge is -2.33. The predicted octanol–water partition coefficient (Wildman–Crippen LogP) is 2.25. The van der Waals surface area contributed by atoms with Crippen LogP contribution in [0, 0.1) is 0 Å². The Morgan fingerprint density at radius 2 is 2.38 bits per heavy atom. The molecule has 88 valence electrons. The van der Waals surface area contributed by atoms with Crippen LogP contribution in [0.15, 0.2) is 22.7 Å². The number of morpholine rings is 1. The molecule has 0 aromatic heterocycles. The van der Waals surface area contributed by atoms with E-state index in [-0.39, 0.29) is 0 Å². The Morgan fingerprint density at radius 1 is 1.56 bits per heavy atom. The van der Waals surface area contributed by atoms with Crippen LogP contribution >= 0.6 is 15.9 Å². The summed E-state index contributed by atoms with van der Waals surface area (Å²) in [5.74, 6) is 0. The molecular formula is C12H17BrN2O. The van der Waals surface area contributed by atoms with E-state index >= 15 is 0 Å². The van der Waals surface area contributed by atoms with Gasteiger partial charge in [-0.15, -0.1) is 0 Å². The Hall–Kier alpha value is -0.580. The van der Waals surface area contributed by atoms with Crippen LogP contribution in [0.5, 0.6) is 0 Å². The average molecular weight is 285 g/mol. The number of halogens is 1. The van der Waals surface area contributed by atoms with E-state index in [1.807, 2.05) is 18.2 Å². The predicted molar refractivity (Wildman–Crippen MR) is 69.2 cm³/mol. The monoisotopic (exact) mass is 284 g/mol. The van der Waals surface area contributed by atoms with Crippen LogP contribution in [0.1, 0.15) is 12.5 Å². The van der Waals surface area contributed by atoms with Gasteiger partial charge in [-0.2, -0.15) is 0 Å². The molecule has 0 bridgehead atoms. The number of hydrogen-bond donors (Lipinski definition) is 1. The highest BCUT2D eigenvalue weighted by Gasteiger charge is 2.20. The number of nitrogens with zero attached hydrogens (tertiary/aromatic N) is 1. The second-order valence-electron chi connectivity index (χ2n) is 4.20. The van der Waals surface area contributed by atoms with E-state index in [0.29, 0.717) is 6.04 Å². The zero-order valence-corrected chi connectivity index (χ0v) is 11.0. The summed E-state index contributed by atoms with van der Waals surface area (Å²) >= 11 is 3.56. The molecule has 4 heteroatoms. The van der Waals surface area contributed by atoms with Crippen LogP contribution in [-0.2, 0) is 11.3 Å². The molecule has 1 fully saturated rings. The van der Waals surface area contributed by atoms with Crippen LogP contribution in [0.4, 0.5) is 5.69 Å². The zero-order valence-electron chi connectivity index (χ0n) is 9.45. The van der Waals surface area contributed by atoms with Gasteiger partial charge in [0.05, 0.1) is 13.2 Å². The second kappa shape index (κ2) is 5.17. The van der Waals surface area contributed by atoms with Gasteiger partial charge in [0.25, 0.3) is 0 Å². The number of nitrogens with two attached hydrogens (primary N) is 1. The molecule has 0 spiro atoms. The second-order valence-corrected chi connectivity index (χ2v) is 5.06. The fourth-order valence-corrected chi connectivity index (χ4v) is 2.45. The van der Waals surface area contributed by atoms with Gasteiger partial charge in [0.1, 0.15) is 0 Å². The first-order valence-corrected chi connectivity index (χ1v) is 6.32. The van der Waals surface area contributed by atoms with Crippen molar-refractivity contribution in [3.05, 3.63) is 28.2 Å². The van der Waals surface area contributed by atoms with Crippen LogP contribution in [0.2, 0.25) is 0 Å². The van der Waals surface area contributed by atoms with Gasteiger partial charge >= 0.3 is 0 Å². The van der Waals surface area contributed by atoms with Gasteiger partial charge in [0, 0.05) is 34.9 Å². The molecule has 2 N–H and O–H groups in total. The molecule has 1 aliphatic rings. The Morgan fingerprint density at radius 3 is 3.06 bits per heavy atom. The third kappa shape index (κ3) is 2.56. The van der Waals surface area contributed by atoms with Gasteiger partial charge < -0.3 is 10.5 Å². The Kier molecular flexibility index (Phi) is 3.84. The van der Waals surface area contributed by atoms with Crippen molar-refractivity contribution in [1.29, 1.82) is 0 Å². The maximum absolute atomic E-state index is 6.00. The minimum Gasteiger partial charge on any atom is -0.398 e. The van der Waals surface area contributed by atoms with E-state index in [1.54, 1.807) is 0 Å². The highest BCUT2D eigenvalue weighted by atomic mass is 79.9. The molecule has 0 aliphatic carbocycles. The van der Waals surface area contributed by atoms with E-state index in [4.69, 9.17) is 10.5 Å². The number of nitrogen functional groups attached to an aromatic ring is 1. The highest BCUT2D eigenvalue weighted by molar-refractivity contribution is 9.10. The molecule has 1 aromatic rings. The van der Waals surface area contributed by atoms with Gasteiger partial charge in [-0.05, 0) is 19.1 Å². The Bertz CT molecular complexity index is 350. The van der Waals surface area contributed by atoms with E-state index in [2.05, 4.69) is 27.8 Å². The largest absolute Gasteiger partial charge is 0.398 e. The number of ether oxygens (including phenoxy) is 1. The molecule has 1 unspecified atom stereocenters. The van der Waals surface area contributed by atoms with Gasteiger partial charge in [0.2, 0.25) is 0 Å². The minimum absolute atomic E-state index is 0.459. The first kappa shape index (κ1) is 11.9. The average Bonchev–Trinajstić information content (AvgIpc) is 2.26. The summed E-state index contributed by atoms with van der Waals surface area (Å²) in [5, 5.41) is 0. The van der Waals surface area contributed by atoms with Gasteiger partial charge in [-0.25, -0.2) is 0 Å². The third-order valence-corrected chi connectivity index (χ3v) is 3.76. The molecule has 1 aromatic carbocycles. The summed E-state index contributed by atoms with van der Waals surface area (Å²) < 4.78 is 6.51. The first-order chi connectivity index (χ1) is 7.68. The molecule has 1 heterocycles. The van der Waals surface area contributed by atoms with Crippen molar-refractivity contribution in [1.82, 2.24) is 4.90 Å². The van der Waals surface area contributed by atoms with Gasteiger partial charge in [-0.3, -0.25) is 4.90 Å². The van der Waals surface area contributed by atoms with E-state index in [9.17, 15) is 0 Å². The number of benzene rings is 1. The molecule has 1 atom stereocenters. The lowest BCUT2D eigenvalue weighted by atomic mass is 10.1. The maximum Gasteiger partial charge on any atom is 0.0619 e.